The van der Waals surface area contributed by atoms with Crippen molar-refractivity contribution in [3.63, 3.8) is 0 Å². The maximum absolute atomic E-state index is 3.46. The predicted molar refractivity (Wildman–Crippen MR) is 270 cm³/mol. The van der Waals surface area contributed by atoms with Crippen LogP contribution in [0.1, 0.15) is 105 Å². The molecule has 4 fully saturated rings. The Morgan fingerprint density at radius 1 is 0.182 bits per heavy atom. The van der Waals surface area contributed by atoms with Crippen molar-refractivity contribution in [2.75, 3.05) is 0 Å². The van der Waals surface area contributed by atoms with Crippen LogP contribution in [0.5, 0.6) is 0 Å². The first-order valence-corrected chi connectivity index (χ1v) is 23.2. The Kier molecular flexibility index (Phi) is 10.6. The molecule has 8 aromatic rings. The minimum Gasteiger partial charge on any atom is -0.0622 e. The first kappa shape index (κ1) is 40.8. The van der Waals surface area contributed by atoms with Gasteiger partial charge in [0.25, 0.3) is 0 Å². The van der Waals surface area contributed by atoms with Crippen molar-refractivity contribution >= 4 is 0 Å². The Morgan fingerprint density at radius 2 is 0.333 bits per heavy atom. The van der Waals surface area contributed by atoms with Gasteiger partial charge in [-0.15, -0.1) is 0 Å². The van der Waals surface area contributed by atoms with E-state index in [4.69, 9.17) is 0 Å². The molecule has 0 radical (unpaired) electrons. The largest absolute Gasteiger partial charge is 0.0622 e. The zero-order valence-corrected chi connectivity index (χ0v) is 37.0. The smallest absolute Gasteiger partial charge is 0.0249 e. The molecule has 0 spiro atoms. The molecule has 66 heavy (non-hydrogen) atoms. The van der Waals surface area contributed by atoms with Crippen LogP contribution >= 0.6 is 0 Å². The average Bonchev–Trinajstić information content (AvgIpc) is 3.37. The molecule has 0 saturated heterocycles. The SMILES string of the molecule is C(#Cc1ccc(C23CC4(c5ccc(C#Cc6ccccc6)cc5)CC(c5ccc(C#Cc6ccccc6)cc5)(C2)CC(c2ccc(C#Cc5ccccc5)cc2)(C3)C4)cc1)c1ccccc1. The third kappa shape index (κ3) is 8.17. The van der Waals surface area contributed by atoms with Crippen molar-refractivity contribution in [2.45, 2.75) is 60.2 Å². The molecule has 0 heterocycles. The normalized spacial score (nSPS) is 21.9. The van der Waals surface area contributed by atoms with E-state index in [1.54, 1.807) is 0 Å². The summed E-state index contributed by atoms with van der Waals surface area (Å²) < 4.78 is 0. The van der Waals surface area contributed by atoms with Crippen LogP contribution in [-0.4, -0.2) is 0 Å². The average molecular weight is 841 g/mol. The van der Waals surface area contributed by atoms with Crippen LogP contribution in [0.4, 0.5) is 0 Å². The standard InChI is InChI=1S/C66H48/c1-5-13-51(14-6-1)21-25-55-29-37-59(38-30-55)63-45-64(60-39-31-56(32-40-60)26-22-52-15-7-2-8-16-52)48-65(46-63,61-41-33-57(34-42-61)27-23-53-17-9-3-10-18-53)50-66(47-63,49-64)62-43-35-58(36-44-62)28-24-54-19-11-4-12-20-54/h1-20,29-44H,45-50H2. The number of hydrogen-bond acceptors (Lipinski definition) is 0. The lowest BCUT2D eigenvalue weighted by atomic mass is 9.32. The van der Waals surface area contributed by atoms with Crippen molar-refractivity contribution in [1.82, 2.24) is 0 Å². The maximum Gasteiger partial charge on any atom is 0.0249 e. The second kappa shape index (κ2) is 17.2. The molecule has 312 valence electrons. The summed E-state index contributed by atoms with van der Waals surface area (Å²) in [5, 5.41) is 0. The lowest BCUT2D eigenvalue weighted by Crippen LogP contribution is -2.67. The molecule has 12 rings (SSSR count). The number of hydrogen-bond donors (Lipinski definition) is 0. The Bertz CT molecular complexity index is 2770. The molecule has 4 saturated carbocycles. The highest BCUT2D eigenvalue weighted by Gasteiger charge is 2.69. The van der Waals surface area contributed by atoms with E-state index in [9.17, 15) is 0 Å². The van der Waals surface area contributed by atoms with E-state index in [0.29, 0.717) is 0 Å². The zero-order chi connectivity index (χ0) is 44.3. The summed E-state index contributed by atoms with van der Waals surface area (Å²) in [6.07, 6.45) is 6.55. The molecule has 0 unspecified atom stereocenters. The molecule has 0 nitrogen and oxygen atoms in total. The van der Waals surface area contributed by atoms with E-state index in [0.717, 1.165) is 83.0 Å². The minimum atomic E-state index is -0.0799. The summed E-state index contributed by atoms with van der Waals surface area (Å²) in [4.78, 5) is 0. The molecule has 0 heteroatoms. The summed E-state index contributed by atoms with van der Waals surface area (Å²) in [6, 6.07) is 78.4. The van der Waals surface area contributed by atoms with Crippen LogP contribution in [0.15, 0.2) is 218 Å². The van der Waals surface area contributed by atoms with Crippen LogP contribution < -0.4 is 0 Å². The summed E-state index contributed by atoms with van der Waals surface area (Å²) in [6.45, 7) is 0. The summed E-state index contributed by atoms with van der Waals surface area (Å²) in [5.74, 6) is 27.4. The van der Waals surface area contributed by atoms with Crippen LogP contribution in [0.2, 0.25) is 0 Å². The van der Waals surface area contributed by atoms with E-state index < -0.39 is 0 Å². The third-order valence-corrected chi connectivity index (χ3v) is 14.5. The fourth-order valence-corrected chi connectivity index (χ4v) is 12.2. The van der Waals surface area contributed by atoms with Gasteiger partial charge in [0.2, 0.25) is 0 Å². The van der Waals surface area contributed by atoms with Gasteiger partial charge in [0.15, 0.2) is 0 Å². The van der Waals surface area contributed by atoms with Crippen molar-refractivity contribution < 1.29 is 0 Å². The van der Waals surface area contributed by atoms with Gasteiger partial charge in [0.05, 0.1) is 0 Å². The highest BCUT2D eigenvalue weighted by molar-refractivity contribution is 5.55. The molecule has 4 aliphatic carbocycles. The Labute approximate surface area is 390 Å². The van der Waals surface area contributed by atoms with Gasteiger partial charge < -0.3 is 0 Å². The molecule has 4 aliphatic rings. The minimum absolute atomic E-state index is 0.0799. The molecule has 8 aromatic carbocycles. The quantitative estimate of drug-likeness (QED) is 0.155. The van der Waals surface area contributed by atoms with E-state index in [-0.39, 0.29) is 21.7 Å². The number of benzene rings is 8. The van der Waals surface area contributed by atoms with Crippen molar-refractivity contribution in [3.8, 4) is 47.4 Å². The van der Waals surface area contributed by atoms with E-state index >= 15 is 0 Å². The molecule has 0 aromatic heterocycles. The third-order valence-electron chi connectivity index (χ3n) is 14.5. The van der Waals surface area contributed by atoms with E-state index in [2.05, 4.69) is 193 Å². The van der Waals surface area contributed by atoms with Crippen molar-refractivity contribution in [1.29, 1.82) is 0 Å². The summed E-state index contributed by atoms with van der Waals surface area (Å²) in [5.41, 5.74) is 13.6. The lowest BCUT2D eigenvalue weighted by Gasteiger charge is -2.71. The van der Waals surface area contributed by atoms with Gasteiger partial charge >= 0.3 is 0 Å². The predicted octanol–water partition coefficient (Wildman–Crippen LogP) is 13.7. The Hall–Kier alpha value is -8.00. The van der Waals surface area contributed by atoms with E-state index in [1.807, 2.05) is 72.8 Å². The monoisotopic (exact) mass is 840 g/mol. The van der Waals surface area contributed by atoms with Gasteiger partial charge in [0.1, 0.15) is 0 Å². The van der Waals surface area contributed by atoms with Crippen LogP contribution in [0, 0.1) is 47.4 Å². The molecular weight excluding hydrogens is 793 g/mol. The Morgan fingerprint density at radius 3 is 0.500 bits per heavy atom. The molecular formula is C66H48. The fraction of sp³-hybridized carbons (Fsp3) is 0.152. The first-order chi connectivity index (χ1) is 32.5. The van der Waals surface area contributed by atoms with Crippen LogP contribution in [0.25, 0.3) is 0 Å². The van der Waals surface area contributed by atoms with Gasteiger partial charge in [-0.3, -0.25) is 0 Å². The first-order valence-electron chi connectivity index (χ1n) is 23.2. The van der Waals surface area contributed by atoms with Crippen molar-refractivity contribution in [3.05, 3.63) is 285 Å². The Balaban J connectivity index is 1.04. The van der Waals surface area contributed by atoms with E-state index in [1.165, 1.54) is 22.3 Å². The molecule has 0 aliphatic heterocycles. The molecule has 0 atom stereocenters. The van der Waals surface area contributed by atoms with Crippen LogP contribution in [0.3, 0.4) is 0 Å². The second-order valence-electron chi connectivity index (χ2n) is 19.0. The van der Waals surface area contributed by atoms with Gasteiger partial charge in [0, 0.05) is 44.5 Å². The van der Waals surface area contributed by atoms with Crippen LogP contribution in [-0.2, 0) is 21.7 Å². The zero-order valence-electron chi connectivity index (χ0n) is 37.0. The lowest BCUT2D eigenvalue weighted by molar-refractivity contribution is -0.0691. The van der Waals surface area contributed by atoms with Gasteiger partial charge in [-0.25, -0.2) is 0 Å². The fourth-order valence-electron chi connectivity index (χ4n) is 12.2. The molecule has 4 bridgehead atoms. The number of rotatable bonds is 4. The van der Waals surface area contributed by atoms with Gasteiger partial charge in [-0.2, -0.15) is 0 Å². The molecule has 0 amide bonds. The van der Waals surface area contributed by atoms with Crippen molar-refractivity contribution in [2.24, 2.45) is 0 Å². The second-order valence-corrected chi connectivity index (χ2v) is 19.0. The molecule has 0 N–H and O–H groups in total. The van der Waals surface area contributed by atoms with Gasteiger partial charge in [-0.05, 0) is 180 Å². The topological polar surface area (TPSA) is 0 Å². The maximum atomic E-state index is 3.46. The highest BCUT2D eigenvalue weighted by Crippen LogP contribution is 2.74. The highest BCUT2D eigenvalue weighted by atomic mass is 14.7. The van der Waals surface area contributed by atoms with Gasteiger partial charge in [-0.1, -0.05) is 169 Å². The summed E-state index contributed by atoms with van der Waals surface area (Å²) in [7, 11) is 0. The summed E-state index contributed by atoms with van der Waals surface area (Å²) >= 11 is 0.